The number of carbonyl (C=O) groups excluding carboxylic acids is 1. The molecule has 8 heteroatoms. The molecule has 0 spiro atoms. The number of tetrazole rings is 1. The Morgan fingerprint density at radius 3 is 2.54 bits per heavy atom. The minimum absolute atomic E-state index is 0.00160. The summed E-state index contributed by atoms with van der Waals surface area (Å²) in [5, 5.41) is 20.6. The number of nitriles is 1. The number of hydrogen-bond acceptors (Lipinski definition) is 6. The predicted molar refractivity (Wildman–Crippen MR) is 85.5 cm³/mol. The van der Waals surface area contributed by atoms with Crippen molar-refractivity contribution in [3.63, 3.8) is 0 Å². The zero-order chi connectivity index (χ0) is 16.9. The topological polar surface area (TPSA) is 90.9 Å². The fourth-order valence-corrected chi connectivity index (χ4v) is 2.86. The highest BCUT2D eigenvalue weighted by Crippen LogP contribution is 2.21. The maximum Gasteiger partial charge on any atom is 0.244 e. The number of carbonyl (C=O) groups is 1. The molecular weight excluding hydrogens is 306 g/mol. The maximum absolute atomic E-state index is 12.4. The van der Waals surface area contributed by atoms with E-state index in [4.69, 9.17) is 0 Å². The second kappa shape index (κ2) is 7.19. The van der Waals surface area contributed by atoms with E-state index < -0.39 is 0 Å². The molecule has 0 N–H and O–H groups in total. The summed E-state index contributed by atoms with van der Waals surface area (Å²) in [6.45, 7) is 4.47. The number of benzene rings is 1. The molecule has 1 aliphatic rings. The predicted octanol–water partition coefficient (Wildman–Crippen LogP) is 0.391. The summed E-state index contributed by atoms with van der Waals surface area (Å²) >= 11 is 0. The Labute approximate surface area is 140 Å². The molecule has 3 rings (SSSR count). The van der Waals surface area contributed by atoms with Crippen LogP contribution in [0.25, 0.3) is 0 Å². The number of nitrogens with zero attached hydrogens (tertiary/aromatic N) is 7. The third-order valence-electron chi connectivity index (χ3n) is 4.27. The Morgan fingerprint density at radius 1 is 1.25 bits per heavy atom. The van der Waals surface area contributed by atoms with Crippen molar-refractivity contribution in [2.24, 2.45) is 0 Å². The van der Waals surface area contributed by atoms with Crippen molar-refractivity contribution < 1.29 is 4.79 Å². The van der Waals surface area contributed by atoms with Crippen LogP contribution in [0.1, 0.15) is 17.4 Å². The standard InChI is InChI=1S/C16H19N7O/c1-13-18-19-20-23(13)12-16(24)22-9-7-21(8-10-22)15(11-17)14-5-3-2-4-6-14/h2-6,15H,7-10,12H2,1H3/t15-/m1/s1. The lowest BCUT2D eigenvalue weighted by Crippen LogP contribution is -2.50. The molecule has 2 aromatic rings. The second-order valence-corrected chi connectivity index (χ2v) is 5.74. The number of aryl methyl sites for hydroxylation is 1. The molecule has 124 valence electrons. The van der Waals surface area contributed by atoms with Gasteiger partial charge in [-0.05, 0) is 22.9 Å². The first-order valence-corrected chi connectivity index (χ1v) is 7.88. The van der Waals surface area contributed by atoms with Gasteiger partial charge in [-0.1, -0.05) is 30.3 Å². The summed E-state index contributed by atoms with van der Waals surface area (Å²) in [5.41, 5.74) is 0.990. The number of rotatable bonds is 4. The smallest absolute Gasteiger partial charge is 0.244 e. The van der Waals surface area contributed by atoms with Crippen molar-refractivity contribution in [3.05, 3.63) is 41.7 Å². The Kier molecular flexibility index (Phi) is 4.82. The average Bonchev–Trinajstić information content (AvgIpc) is 3.02. The number of piperazine rings is 1. The van der Waals surface area contributed by atoms with Crippen LogP contribution >= 0.6 is 0 Å². The van der Waals surface area contributed by atoms with Crippen molar-refractivity contribution in [3.8, 4) is 6.07 Å². The fourth-order valence-electron chi connectivity index (χ4n) is 2.86. The molecule has 1 fully saturated rings. The third-order valence-corrected chi connectivity index (χ3v) is 4.27. The number of amides is 1. The minimum atomic E-state index is -0.273. The highest BCUT2D eigenvalue weighted by Gasteiger charge is 2.27. The lowest BCUT2D eigenvalue weighted by Gasteiger charge is -2.37. The van der Waals surface area contributed by atoms with Crippen LogP contribution in [-0.2, 0) is 11.3 Å². The Bertz CT molecular complexity index is 728. The Balaban J connectivity index is 1.58. The number of aromatic nitrogens is 4. The first-order chi connectivity index (χ1) is 11.7. The molecule has 1 aromatic carbocycles. The van der Waals surface area contributed by atoms with E-state index in [9.17, 15) is 10.1 Å². The monoisotopic (exact) mass is 325 g/mol. The van der Waals surface area contributed by atoms with Crippen LogP contribution in [0.5, 0.6) is 0 Å². The molecule has 0 unspecified atom stereocenters. The van der Waals surface area contributed by atoms with Crippen LogP contribution < -0.4 is 0 Å². The molecule has 0 bridgehead atoms. The van der Waals surface area contributed by atoms with E-state index in [1.54, 1.807) is 11.8 Å². The van der Waals surface area contributed by atoms with Crippen molar-refractivity contribution >= 4 is 5.91 Å². The van der Waals surface area contributed by atoms with Crippen LogP contribution in [0, 0.1) is 18.3 Å². The van der Waals surface area contributed by atoms with E-state index in [0.717, 1.165) is 5.56 Å². The van der Waals surface area contributed by atoms with Gasteiger partial charge in [0.15, 0.2) is 0 Å². The average molecular weight is 325 g/mol. The van der Waals surface area contributed by atoms with Crippen LogP contribution in [0.15, 0.2) is 30.3 Å². The van der Waals surface area contributed by atoms with Gasteiger partial charge in [0, 0.05) is 26.2 Å². The van der Waals surface area contributed by atoms with E-state index in [1.807, 2.05) is 30.3 Å². The van der Waals surface area contributed by atoms with E-state index >= 15 is 0 Å². The normalized spacial score (nSPS) is 16.6. The van der Waals surface area contributed by atoms with Gasteiger partial charge >= 0.3 is 0 Å². The highest BCUT2D eigenvalue weighted by atomic mass is 16.2. The lowest BCUT2D eigenvalue weighted by molar-refractivity contribution is -0.134. The molecule has 1 aliphatic heterocycles. The molecule has 0 radical (unpaired) electrons. The third kappa shape index (κ3) is 3.41. The molecular formula is C16H19N7O. The molecule has 24 heavy (non-hydrogen) atoms. The van der Waals surface area contributed by atoms with Gasteiger partial charge in [-0.15, -0.1) is 5.10 Å². The fraction of sp³-hybridized carbons (Fsp3) is 0.438. The summed E-state index contributed by atoms with van der Waals surface area (Å²) in [6.07, 6.45) is 0. The molecule has 1 amide bonds. The summed E-state index contributed by atoms with van der Waals surface area (Å²) < 4.78 is 1.50. The van der Waals surface area contributed by atoms with E-state index in [-0.39, 0.29) is 18.5 Å². The van der Waals surface area contributed by atoms with E-state index in [1.165, 1.54) is 4.68 Å². The first-order valence-electron chi connectivity index (χ1n) is 7.88. The van der Waals surface area contributed by atoms with Crippen LogP contribution in [-0.4, -0.2) is 62.1 Å². The zero-order valence-corrected chi connectivity index (χ0v) is 13.5. The van der Waals surface area contributed by atoms with Crippen molar-refractivity contribution in [1.29, 1.82) is 5.26 Å². The number of hydrogen-bond donors (Lipinski definition) is 0. The first kappa shape index (κ1) is 16.1. The van der Waals surface area contributed by atoms with Gasteiger partial charge in [-0.3, -0.25) is 9.69 Å². The van der Waals surface area contributed by atoms with Gasteiger partial charge < -0.3 is 4.90 Å². The van der Waals surface area contributed by atoms with Crippen LogP contribution in [0.2, 0.25) is 0 Å². The van der Waals surface area contributed by atoms with E-state index in [2.05, 4.69) is 26.5 Å². The maximum atomic E-state index is 12.4. The van der Waals surface area contributed by atoms with Crippen molar-refractivity contribution in [2.75, 3.05) is 26.2 Å². The van der Waals surface area contributed by atoms with Gasteiger partial charge in [0.25, 0.3) is 0 Å². The molecule has 8 nitrogen and oxygen atoms in total. The van der Waals surface area contributed by atoms with Crippen molar-refractivity contribution in [1.82, 2.24) is 30.0 Å². The Morgan fingerprint density at radius 2 is 1.96 bits per heavy atom. The summed E-state index contributed by atoms with van der Waals surface area (Å²) in [7, 11) is 0. The van der Waals surface area contributed by atoms with Gasteiger partial charge in [0.1, 0.15) is 18.4 Å². The lowest BCUT2D eigenvalue weighted by atomic mass is 10.1. The molecule has 1 atom stereocenters. The van der Waals surface area contributed by atoms with Gasteiger partial charge in [-0.2, -0.15) is 5.26 Å². The molecule has 0 saturated carbocycles. The van der Waals surface area contributed by atoms with Crippen LogP contribution in [0.3, 0.4) is 0 Å². The summed E-state index contributed by atoms with van der Waals surface area (Å²) in [6, 6.07) is 11.8. The highest BCUT2D eigenvalue weighted by molar-refractivity contribution is 5.76. The Hall–Kier alpha value is -2.79. The molecule has 2 heterocycles. The summed E-state index contributed by atoms with van der Waals surface area (Å²) in [4.78, 5) is 16.3. The molecule has 1 saturated heterocycles. The SMILES string of the molecule is Cc1nnnn1CC(=O)N1CCN([C@H](C#N)c2ccccc2)CC1. The van der Waals surface area contributed by atoms with Gasteiger partial charge in [0.05, 0.1) is 6.07 Å². The van der Waals surface area contributed by atoms with Crippen LogP contribution in [0.4, 0.5) is 0 Å². The van der Waals surface area contributed by atoms with Gasteiger partial charge in [0.2, 0.25) is 5.91 Å². The minimum Gasteiger partial charge on any atom is -0.339 e. The zero-order valence-electron chi connectivity index (χ0n) is 13.5. The molecule has 1 aromatic heterocycles. The largest absolute Gasteiger partial charge is 0.339 e. The summed E-state index contributed by atoms with van der Waals surface area (Å²) in [5.74, 6) is 0.619. The molecule has 0 aliphatic carbocycles. The van der Waals surface area contributed by atoms with E-state index in [0.29, 0.717) is 32.0 Å². The van der Waals surface area contributed by atoms with Gasteiger partial charge in [-0.25, -0.2) is 4.68 Å². The van der Waals surface area contributed by atoms with Crippen molar-refractivity contribution in [2.45, 2.75) is 19.5 Å². The second-order valence-electron chi connectivity index (χ2n) is 5.74. The quantitative estimate of drug-likeness (QED) is 0.807.